The summed E-state index contributed by atoms with van der Waals surface area (Å²) >= 11 is 11.7. The van der Waals surface area contributed by atoms with E-state index in [1.165, 1.54) is 6.07 Å². The number of carbonyl (C=O) groups is 3. The summed E-state index contributed by atoms with van der Waals surface area (Å²) in [7, 11) is 0. The lowest BCUT2D eigenvalue weighted by Gasteiger charge is -2.07. The molecule has 3 amide bonds. The molecule has 0 aliphatic heterocycles. The Labute approximate surface area is 138 Å². The normalized spacial score (nSPS) is 9.95. The summed E-state index contributed by atoms with van der Waals surface area (Å²) in [5.74, 6) is -1.34. The van der Waals surface area contributed by atoms with Crippen molar-refractivity contribution in [2.24, 2.45) is 0 Å². The van der Waals surface area contributed by atoms with Gasteiger partial charge in [0.25, 0.3) is 5.91 Å². The minimum absolute atomic E-state index is 0.0920. The van der Waals surface area contributed by atoms with Gasteiger partial charge < -0.3 is 10.1 Å². The van der Waals surface area contributed by atoms with Crippen LogP contribution in [0.25, 0.3) is 0 Å². The summed E-state index contributed by atoms with van der Waals surface area (Å²) in [6.07, 6.45) is 0.657. The fourth-order valence-corrected chi connectivity index (χ4v) is 1.94. The highest BCUT2D eigenvalue weighted by atomic mass is 35.5. The molecule has 0 aromatic heterocycles. The fourth-order valence-electron chi connectivity index (χ4n) is 1.46. The van der Waals surface area contributed by atoms with Gasteiger partial charge in [-0.05, 0) is 24.1 Å². The van der Waals surface area contributed by atoms with Crippen LogP contribution >= 0.6 is 23.2 Å². The van der Waals surface area contributed by atoms with Crippen molar-refractivity contribution in [3.05, 3.63) is 33.8 Å². The zero-order valence-corrected chi connectivity index (χ0v) is 13.5. The van der Waals surface area contributed by atoms with E-state index < -0.39 is 24.5 Å². The molecule has 0 spiro atoms. The van der Waals surface area contributed by atoms with Crippen molar-refractivity contribution in [2.45, 2.75) is 19.8 Å². The summed E-state index contributed by atoms with van der Waals surface area (Å²) in [6.45, 7) is 1.79. The SMILES string of the molecule is CCCNC(=O)NC(=O)COC(=O)Cc1ccc(Cl)cc1Cl. The molecular formula is C14H16Cl2N2O4. The van der Waals surface area contributed by atoms with Crippen LogP contribution in [0.1, 0.15) is 18.9 Å². The lowest BCUT2D eigenvalue weighted by Crippen LogP contribution is -2.41. The average molecular weight is 347 g/mol. The van der Waals surface area contributed by atoms with Crippen molar-refractivity contribution in [1.82, 2.24) is 10.6 Å². The minimum Gasteiger partial charge on any atom is -0.455 e. The van der Waals surface area contributed by atoms with E-state index in [-0.39, 0.29) is 6.42 Å². The van der Waals surface area contributed by atoms with Gasteiger partial charge in [0.15, 0.2) is 6.61 Å². The zero-order chi connectivity index (χ0) is 16.5. The van der Waals surface area contributed by atoms with Crippen LogP contribution in [-0.4, -0.2) is 31.1 Å². The Morgan fingerprint density at radius 2 is 1.95 bits per heavy atom. The maximum atomic E-state index is 11.6. The van der Waals surface area contributed by atoms with Crippen LogP contribution in [-0.2, 0) is 20.7 Å². The molecule has 0 atom stereocenters. The number of esters is 1. The first-order valence-corrected chi connectivity index (χ1v) is 7.35. The lowest BCUT2D eigenvalue weighted by atomic mass is 10.1. The number of nitrogens with one attached hydrogen (secondary N) is 2. The van der Waals surface area contributed by atoms with Crippen molar-refractivity contribution in [2.75, 3.05) is 13.2 Å². The van der Waals surface area contributed by atoms with Gasteiger partial charge in [0.05, 0.1) is 6.42 Å². The molecule has 8 heteroatoms. The molecule has 0 aliphatic rings. The van der Waals surface area contributed by atoms with E-state index in [0.717, 1.165) is 6.42 Å². The van der Waals surface area contributed by atoms with Crippen LogP contribution in [0.2, 0.25) is 10.0 Å². The predicted octanol–water partition coefficient (Wildman–Crippen LogP) is 2.31. The van der Waals surface area contributed by atoms with Crippen molar-refractivity contribution < 1.29 is 19.1 Å². The van der Waals surface area contributed by atoms with Crippen molar-refractivity contribution in [3.8, 4) is 0 Å². The molecule has 0 bridgehead atoms. The quantitative estimate of drug-likeness (QED) is 0.774. The van der Waals surface area contributed by atoms with E-state index in [9.17, 15) is 14.4 Å². The largest absolute Gasteiger partial charge is 0.455 e. The van der Waals surface area contributed by atoms with E-state index in [4.69, 9.17) is 27.9 Å². The highest BCUT2D eigenvalue weighted by Crippen LogP contribution is 2.21. The summed E-state index contributed by atoms with van der Waals surface area (Å²) in [5.41, 5.74) is 0.539. The van der Waals surface area contributed by atoms with E-state index in [0.29, 0.717) is 22.2 Å². The molecule has 0 heterocycles. The van der Waals surface area contributed by atoms with E-state index >= 15 is 0 Å². The molecule has 6 nitrogen and oxygen atoms in total. The summed E-state index contributed by atoms with van der Waals surface area (Å²) in [4.78, 5) is 34.2. The molecule has 1 aromatic carbocycles. The number of urea groups is 1. The van der Waals surface area contributed by atoms with Gasteiger partial charge in [0, 0.05) is 16.6 Å². The number of benzene rings is 1. The van der Waals surface area contributed by atoms with E-state index in [1.807, 2.05) is 12.2 Å². The van der Waals surface area contributed by atoms with Gasteiger partial charge in [0.2, 0.25) is 0 Å². The number of rotatable bonds is 6. The van der Waals surface area contributed by atoms with Gasteiger partial charge in [-0.15, -0.1) is 0 Å². The molecule has 2 N–H and O–H groups in total. The standard InChI is InChI=1S/C14H16Cl2N2O4/c1-2-5-17-14(21)18-12(19)8-22-13(20)6-9-3-4-10(15)7-11(9)16/h3-4,7H,2,5-6,8H2,1H3,(H2,17,18,19,21). The second-order valence-electron chi connectivity index (χ2n) is 4.38. The van der Waals surface area contributed by atoms with Crippen LogP contribution in [0.15, 0.2) is 18.2 Å². The van der Waals surface area contributed by atoms with Crippen molar-refractivity contribution in [3.63, 3.8) is 0 Å². The maximum Gasteiger partial charge on any atom is 0.321 e. The third kappa shape index (κ3) is 6.78. The Morgan fingerprint density at radius 3 is 2.59 bits per heavy atom. The Kier molecular flexibility index (Phi) is 7.70. The minimum atomic E-state index is -0.704. The van der Waals surface area contributed by atoms with Gasteiger partial charge in [-0.2, -0.15) is 0 Å². The highest BCUT2D eigenvalue weighted by molar-refractivity contribution is 6.35. The lowest BCUT2D eigenvalue weighted by molar-refractivity contribution is -0.147. The van der Waals surface area contributed by atoms with Crippen LogP contribution < -0.4 is 10.6 Å². The third-order valence-corrected chi connectivity index (χ3v) is 3.09. The molecule has 1 rings (SSSR count). The molecule has 0 radical (unpaired) electrons. The Morgan fingerprint density at radius 1 is 1.23 bits per heavy atom. The summed E-state index contributed by atoms with van der Waals surface area (Å²) in [5, 5.41) is 5.30. The molecule has 0 fully saturated rings. The Balaban J connectivity index is 2.36. The molecule has 1 aromatic rings. The van der Waals surface area contributed by atoms with Gasteiger partial charge in [-0.25, -0.2) is 4.79 Å². The number of hydrogen-bond donors (Lipinski definition) is 2. The van der Waals surface area contributed by atoms with Crippen LogP contribution in [0, 0.1) is 0 Å². The number of ether oxygens (including phenoxy) is 1. The second-order valence-corrected chi connectivity index (χ2v) is 5.22. The number of amides is 3. The molecule has 22 heavy (non-hydrogen) atoms. The van der Waals surface area contributed by atoms with Crippen LogP contribution in [0.5, 0.6) is 0 Å². The predicted molar refractivity (Wildman–Crippen MR) is 83.0 cm³/mol. The van der Waals surface area contributed by atoms with Crippen molar-refractivity contribution in [1.29, 1.82) is 0 Å². The first kappa shape index (κ1) is 18.3. The van der Waals surface area contributed by atoms with Gasteiger partial charge in [-0.1, -0.05) is 36.2 Å². The van der Waals surface area contributed by atoms with Crippen LogP contribution in [0.4, 0.5) is 4.79 Å². The van der Waals surface area contributed by atoms with E-state index in [2.05, 4.69) is 5.32 Å². The molecule has 0 saturated carbocycles. The Hall–Kier alpha value is -1.79. The molecular weight excluding hydrogens is 331 g/mol. The summed E-state index contributed by atoms with van der Waals surface area (Å²) in [6, 6.07) is 4.09. The van der Waals surface area contributed by atoms with Crippen molar-refractivity contribution >= 4 is 41.1 Å². The highest BCUT2D eigenvalue weighted by Gasteiger charge is 2.12. The monoisotopic (exact) mass is 346 g/mol. The number of carbonyl (C=O) groups excluding carboxylic acids is 3. The second kappa shape index (κ2) is 9.27. The molecule has 0 saturated heterocycles. The first-order valence-electron chi connectivity index (χ1n) is 6.59. The average Bonchev–Trinajstić information content (AvgIpc) is 2.46. The number of hydrogen-bond acceptors (Lipinski definition) is 4. The first-order chi connectivity index (χ1) is 10.4. The van der Waals surface area contributed by atoms with E-state index in [1.54, 1.807) is 12.1 Å². The maximum absolute atomic E-state index is 11.6. The molecule has 120 valence electrons. The van der Waals surface area contributed by atoms with Gasteiger partial charge in [-0.3, -0.25) is 14.9 Å². The third-order valence-electron chi connectivity index (χ3n) is 2.50. The zero-order valence-electron chi connectivity index (χ0n) is 11.9. The van der Waals surface area contributed by atoms with Gasteiger partial charge in [0.1, 0.15) is 0 Å². The fraction of sp³-hybridized carbons (Fsp3) is 0.357. The topological polar surface area (TPSA) is 84.5 Å². The van der Waals surface area contributed by atoms with Crippen LogP contribution in [0.3, 0.4) is 0 Å². The molecule has 0 unspecified atom stereocenters. The molecule has 0 aliphatic carbocycles. The smallest absolute Gasteiger partial charge is 0.321 e. The van der Waals surface area contributed by atoms with Gasteiger partial charge >= 0.3 is 12.0 Å². The summed E-state index contributed by atoms with van der Waals surface area (Å²) < 4.78 is 4.78. The Bertz CT molecular complexity index is 564. The number of imide groups is 1. The number of halogens is 2.